The lowest BCUT2D eigenvalue weighted by Crippen LogP contribution is -2.56. The number of aromatic nitrogens is 2. The molecule has 4 saturated carbocycles. The van der Waals surface area contributed by atoms with Gasteiger partial charge < -0.3 is 14.4 Å². The van der Waals surface area contributed by atoms with Gasteiger partial charge in [-0.25, -0.2) is 4.98 Å². The van der Waals surface area contributed by atoms with Crippen molar-refractivity contribution in [3.8, 4) is 0 Å². The zero-order chi connectivity index (χ0) is 21.9. The summed E-state index contributed by atoms with van der Waals surface area (Å²) in [6.45, 7) is 5.90. The largest absolute Gasteiger partial charge is 0.387 e. The van der Waals surface area contributed by atoms with Crippen LogP contribution in [0.25, 0.3) is 0 Å². The fraction of sp³-hybridized carbons (Fsp3) is 0.846. The molecule has 4 aliphatic carbocycles. The molecule has 0 radical (unpaired) electrons. The van der Waals surface area contributed by atoms with Gasteiger partial charge in [0.15, 0.2) is 5.78 Å². The van der Waals surface area contributed by atoms with E-state index in [1.807, 2.05) is 10.8 Å². The molecule has 0 aliphatic heterocycles. The van der Waals surface area contributed by atoms with Crippen molar-refractivity contribution in [1.82, 2.24) is 9.55 Å². The molecule has 172 valence electrons. The predicted molar refractivity (Wildman–Crippen MR) is 119 cm³/mol. The number of carbonyl (C=O) groups excluding carboxylic acids is 1. The second-order valence-corrected chi connectivity index (χ2v) is 11.9. The minimum absolute atomic E-state index is 0.160. The average molecular weight is 429 g/mol. The first-order valence-corrected chi connectivity index (χ1v) is 12.5. The Labute approximate surface area is 187 Å². The average Bonchev–Trinajstić information content (AvgIpc) is 3.35. The van der Waals surface area contributed by atoms with Crippen molar-refractivity contribution in [3.63, 3.8) is 0 Å². The van der Waals surface area contributed by atoms with Gasteiger partial charge in [-0.2, -0.15) is 0 Å². The fourth-order valence-corrected chi connectivity index (χ4v) is 8.92. The van der Waals surface area contributed by atoms with E-state index in [1.54, 1.807) is 19.6 Å². The van der Waals surface area contributed by atoms with Crippen molar-refractivity contribution in [2.24, 2.45) is 40.4 Å². The van der Waals surface area contributed by atoms with Gasteiger partial charge in [-0.05, 0) is 92.3 Å². The molecule has 4 fully saturated rings. The summed E-state index contributed by atoms with van der Waals surface area (Å²) in [5, 5.41) is 11.0. The maximum absolute atomic E-state index is 13.3. The molecule has 1 N–H and O–H groups in total. The first-order chi connectivity index (χ1) is 14.8. The van der Waals surface area contributed by atoms with Crippen LogP contribution in [-0.4, -0.2) is 39.8 Å². The van der Waals surface area contributed by atoms with Crippen LogP contribution in [0, 0.1) is 40.4 Å². The van der Waals surface area contributed by atoms with Gasteiger partial charge >= 0.3 is 0 Å². The predicted octanol–water partition coefficient (Wildman–Crippen LogP) is 4.49. The molecule has 0 spiro atoms. The molecule has 8 atom stereocenters. The SMILES string of the molecule is COC[C@@]1(O)CC[C@@]2(C)[C@@H](CC[C@@H]3[C@@H]2CC[C@]2(C)[C@H](C(=O)Cn4ccnc4)CC[C@@H]32)C1. The first kappa shape index (κ1) is 21.6. The molecule has 4 aliphatic rings. The van der Waals surface area contributed by atoms with E-state index in [4.69, 9.17) is 4.74 Å². The molecule has 0 unspecified atom stereocenters. The molecule has 1 aromatic rings. The number of imidazole rings is 1. The van der Waals surface area contributed by atoms with E-state index in [0.717, 1.165) is 37.5 Å². The minimum atomic E-state index is -0.632. The van der Waals surface area contributed by atoms with Crippen molar-refractivity contribution < 1.29 is 14.6 Å². The molecule has 5 nitrogen and oxygen atoms in total. The molecule has 0 bridgehead atoms. The van der Waals surface area contributed by atoms with Gasteiger partial charge in [-0.3, -0.25) is 4.79 Å². The second-order valence-electron chi connectivity index (χ2n) is 11.9. The van der Waals surface area contributed by atoms with Gasteiger partial charge in [0, 0.05) is 25.4 Å². The van der Waals surface area contributed by atoms with Crippen LogP contribution in [0.1, 0.15) is 71.6 Å². The summed E-state index contributed by atoms with van der Waals surface area (Å²) < 4.78 is 7.29. The number of ether oxygens (including phenoxy) is 1. The highest BCUT2D eigenvalue weighted by Crippen LogP contribution is 2.68. The molecule has 0 aromatic carbocycles. The van der Waals surface area contributed by atoms with E-state index in [0.29, 0.717) is 36.2 Å². The monoisotopic (exact) mass is 428 g/mol. The number of nitrogens with zero attached hydrogens (tertiary/aromatic N) is 2. The third-order valence-electron chi connectivity index (χ3n) is 10.5. The van der Waals surface area contributed by atoms with E-state index in [-0.39, 0.29) is 11.3 Å². The Bertz CT molecular complexity index is 810. The van der Waals surface area contributed by atoms with Crippen molar-refractivity contribution >= 4 is 5.78 Å². The van der Waals surface area contributed by atoms with Crippen LogP contribution in [0.5, 0.6) is 0 Å². The van der Waals surface area contributed by atoms with Crippen LogP contribution in [0.15, 0.2) is 18.7 Å². The van der Waals surface area contributed by atoms with E-state index >= 15 is 0 Å². The Hall–Kier alpha value is -1.20. The fourth-order valence-electron chi connectivity index (χ4n) is 8.92. The van der Waals surface area contributed by atoms with Crippen LogP contribution >= 0.6 is 0 Å². The Kier molecular flexibility index (Phi) is 5.37. The maximum Gasteiger partial charge on any atom is 0.156 e. The Morgan fingerprint density at radius 3 is 2.65 bits per heavy atom. The number of ketones is 1. The third-order valence-corrected chi connectivity index (χ3v) is 10.5. The van der Waals surface area contributed by atoms with Crippen LogP contribution in [-0.2, 0) is 16.1 Å². The van der Waals surface area contributed by atoms with Gasteiger partial charge in [0.25, 0.3) is 0 Å². The summed E-state index contributed by atoms with van der Waals surface area (Å²) >= 11 is 0. The van der Waals surface area contributed by atoms with Crippen LogP contribution in [0.4, 0.5) is 0 Å². The molecule has 1 aromatic heterocycles. The second kappa shape index (κ2) is 7.69. The van der Waals surface area contributed by atoms with Crippen molar-refractivity contribution in [2.45, 2.75) is 83.8 Å². The lowest BCUT2D eigenvalue weighted by molar-refractivity contribution is -0.164. The van der Waals surface area contributed by atoms with E-state index < -0.39 is 5.60 Å². The lowest BCUT2D eigenvalue weighted by Gasteiger charge is -2.62. The number of methoxy groups -OCH3 is 1. The van der Waals surface area contributed by atoms with Crippen molar-refractivity contribution in [3.05, 3.63) is 18.7 Å². The Balaban J connectivity index is 1.33. The van der Waals surface area contributed by atoms with Gasteiger partial charge in [0.1, 0.15) is 0 Å². The lowest BCUT2D eigenvalue weighted by atomic mass is 9.44. The standard InChI is InChI=1S/C26H40N2O3/c1-24-10-11-26(30,16-31-3)14-18(24)4-5-19-20-6-7-22(25(20,2)9-8-21(19)24)23(29)15-28-13-12-27-17-28/h12-13,17-22,30H,4-11,14-16H2,1-3H3/t18-,19-,20-,21-,22-,24-,25-,26+/m0/s1. The summed E-state index contributed by atoms with van der Waals surface area (Å²) in [6, 6.07) is 0. The highest BCUT2D eigenvalue weighted by Gasteiger charge is 2.62. The maximum atomic E-state index is 13.3. The smallest absolute Gasteiger partial charge is 0.156 e. The minimum Gasteiger partial charge on any atom is -0.387 e. The Morgan fingerprint density at radius 1 is 1.10 bits per heavy atom. The quantitative estimate of drug-likeness (QED) is 0.751. The summed E-state index contributed by atoms with van der Waals surface area (Å²) in [7, 11) is 1.70. The van der Waals surface area contributed by atoms with Gasteiger partial charge in [-0.15, -0.1) is 0 Å². The topological polar surface area (TPSA) is 64.3 Å². The van der Waals surface area contributed by atoms with E-state index in [9.17, 15) is 9.90 Å². The molecular weight excluding hydrogens is 388 g/mol. The Morgan fingerprint density at radius 2 is 1.90 bits per heavy atom. The number of carbonyl (C=O) groups is 1. The molecule has 1 heterocycles. The highest BCUT2D eigenvalue weighted by atomic mass is 16.5. The molecule has 0 saturated heterocycles. The molecule has 31 heavy (non-hydrogen) atoms. The van der Waals surface area contributed by atoms with Crippen LogP contribution < -0.4 is 0 Å². The van der Waals surface area contributed by atoms with Gasteiger partial charge in [0.05, 0.1) is 25.1 Å². The normalized spacial score (nSPS) is 46.8. The summed E-state index contributed by atoms with van der Waals surface area (Å²) in [6.07, 6.45) is 15.5. The summed E-state index contributed by atoms with van der Waals surface area (Å²) in [5.74, 6) is 3.39. The molecule has 0 amide bonds. The highest BCUT2D eigenvalue weighted by molar-refractivity contribution is 5.82. The number of Topliss-reactive ketones (excluding diaryl/α,β-unsaturated/α-hetero) is 1. The summed E-state index contributed by atoms with van der Waals surface area (Å²) in [5.41, 5.74) is -0.135. The molecule has 5 heteroatoms. The van der Waals surface area contributed by atoms with E-state index in [1.165, 1.54) is 32.1 Å². The van der Waals surface area contributed by atoms with E-state index in [2.05, 4.69) is 18.8 Å². The number of aliphatic hydroxyl groups is 1. The number of fused-ring (bicyclic) bond motifs is 5. The number of hydrogen-bond donors (Lipinski definition) is 1. The number of rotatable bonds is 5. The third kappa shape index (κ3) is 3.42. The van der Waals surface area contributed by atoms with Crippen molar-refractivity contribution in [1.29, 1.82) is 0 Å². The van der Waals surface area contributed by atoms with Crippen molar-refractivity contribution in [2.75, 3.05) is 13.7 Å². The first-order valence-electron chi connectivity index (χ1n) is 12.5. The summed E-state index contributed by atoms with van der Waals surface area (Å²) in [4.78, 5) is 17.4. The van der Waals surface area contributed by atoms with Gasteiger partial charge in [-0.1, -0.05) is 13.8 Å². The van der Waals surface area contributed by atoms with Gasteiger partial charge in [0.2, 0.25) is 0 Å². The zero-order valence-electron chi connectivity index (χ0n) is 19.6. The molecule has 5 rings (SSSR count). The zero-order valence-corrected chi connectivity index (χ0v) is 19.6. The molecular formula is C26H40N2O3. The van der Waals surface area contributed by atoms with Crippen LogP contribution in [0.3, 0.4) is 0 Å². The van der Waals surface area contributed by atoms with Crippen LogP contribution in [0.2, 0.25) is 0 Å². The number of hydrogen-bond acceptors (Lipinski definition) is 4.